The van der Waals surface area contributed by atoms with E-state index in [-0.39, 0.29) is 12.4 Å². The molecule has 0 bridgehead atoms. The van der Waals surface area contributed by atoms with E-state index in [4.69, 9.17) is 0 Å². The number of rotatable bonds is 3. The minimum atomic E-state index is 0. The number of aryl methyl sites for hydroxylation is 1. The van der Waals surface area contributed by atoms with Gasteiger partial charge in [-0.15, -0.1) is 12.4 Å². The maximum atomic E-state index is 4.32. The molecule has 3 heteroatoms. The van der Waals surface area contributed by atoms with Crippen LogP contribution in [0.2, 0.25) is 0 Å². The van der Waals surface area contributed by atoms with Crippen molar-refractivity contribution >= 4 is 12.4 Å². The summed E-state index contributed by atoms with van der Waals surface area (Å²) < 4.78 is 0. The monoisotopic (exact) mass is 254 g/mol. The van der Waals surface area contributed by atoms with Crippen LogP contribution in [-0.4, -0.2) is 11.0 Å². The highest BCUT2D eigenvalue weighted by atomic mass is 35.5. The molecule has 1 aromatic rings. The Morgan fingerprint density at radius 2 is 2.12 bits per heavy atom. The van der Waals surface area contributed by atoms with E-state index in [0.717, 1.165) is 18.2 Å². The molecule has 0 amide bonds. The first-order valence-electron chi connectivity index (χ1n) is 6.41. The van der Waals surface area contributed by atoms with Crippen molar-refractivity contribution in [2.75, 3.05) is 0 Å². The van der Waals surface area contributed by atoms with E-state index in [1.54, 1.807) is 0 Å². The van der Waals surface area contributed by atoms with Crippen molar-refractivity contribution < 1.29 is 0 Å². The summed E-state index contributed by atoms with van der Waals surface area (Å²) in [6, 6.07) is 4.89. The molecule has 1 aromatic heterocycles. The number of aromatic nitrogens is 1. The van der Waals surface area contributed by atoms with Gasteiger partial charge >= 0.3 is 0 Å². The van der Waals surface area contributed by atoms with Crippen LogP contribution in [-0.2, 0) is 6.54 Å². The number of nitrogens with zero attached hydrogens (tertiary/aromatic N) is 1. The third-order valence-electron chi connectivity index (χ3n) is 3.78. The lowest BCUT2D eigenvalue weighted by molar-refractivity contribution is 0.279. The number of pyridine rings is 1. The minimum Gasteiger partial charge on any atom is -0.310 e. The maximum absolute atomic E-state index is 4.32. The molecule has 0 aliphatic heterocycles. The molecule has 96 valence electrons. The van der Waals surface area contributed by atoms with Crippen LogP contribution < -0.4 is 5.32 Å². The molecule has 1 fully saturated rings. The molecule has 0 radical (unpaired) electrons. The third-order valence-corrected chi connectivity index (χ3v) is 3.78. The van der Waals surface area contributed by atoms with Crippen molar-refractivity contribution in [3.8, 4) is 0 Å². The second-order valence-corrected chi connectivity index (χ2v) is 5.00. The molecule has 1 saturated carbocycles. The second-order valence-electron chi connectivity index (χ2n) is 5.00. The van der Waals surface area contributed by atoms with Gasteiger partial charge in [0.2, 0.25) is 0 Å². The summed E-state index contributed by atoms with van der Waals surface area (Å²) in [4.78, 5) is 4.32. The summed E-state index contributed by atoms with van der Waals surface area (Å²) in [7, 11) is 0. The predicted molar refractivity (Wildman–Crippen MR) is 74.5 cm³/mol. The Morgan fingerprint density at radius 3 is 2.82 bits per heavy atom. The lowest BCUT2D eigenvalue weighted by Crippen LogP contribution is -2.36. The van der Waals surface area contributed by atoms with Gasteiger partial charge in [0.05, 0.1) is 0 Å². The normalized spacial score (nSPS) is 24.1. The summed E-state index contributed by atoms with van der Waals surface area (Å²) in [5.74, 6) is 0.825. The summed E-state index contributed by atoms with van der Waals surface area (Å²) in [6.07, 6.45) is 7.37. The second kappa shape index (κ2) is 6.97. The molecule has 2 atom stereocenters. The van der Waals surface area contributed by atoms with Crippen molar-refractivity contribution in [3.63, 3.8) is 0 Å². The third kappa shape index (κ3) is 3.97. The van der Waals surface area contributed by atoms with E-state index < -0.39 is 0 Å². The molecular formula is C14H23ClN2. The lowest BCUT2D eigenvalue weighted by atomic mass is 9.86. The van der Waals surface area contributed by atoms with Crippen LogP contribution in [0.4, 0.5) is 0 Å². The topological polar surface area (TPSA) is 24.9 Å². The first-order valence-corrected chi connectivity index (χ1v) is 6.41. The standard InChI is InChI=1S/C14H22N2.ClH/c1-11-6-3-4-8-14(11)16-10-13-7-5-9-15-12(13)2;/h5,7,9,11,14,16H,3-4,6,8,10H2,1-2H3;1H. The van der Waals surface area contributed by atoms with Crippen LogP contribution in [0.25, 0.3) is 0 Å². The smallest absolute Gasteiger partial charge is 0.0417 e. The zero-order valence-corrected chi connectivity index (χ0v) is 11.6. The summed E-state index contributed by atoms with van der Waals surface area (Å²) >= 11 is 0. The Hall–Kier alpha value is -0.600. The van der Waals surface area contributed by atoms with Crippen molar-refractivity contribution in [3.05, 3.63) is 29.6 Å². The average molecular weight is 255 g/mol. The van der Waals surface area contributed by atoms with Gasteiger partial charge in [0.15, 0.2) is 0 Å². The van der Waals surface area contributed by atoms with E-state index in [1.165, 1.54) is 31.2 Å². The number of nitrogens with one attached hydrogen (secondary N) is 1. The van der Waals surface area contributed by atoms with Crippen molar-refractivity contribution in [2.24, 2.45) is 5.92 Å². The predicted octanol–water partition coefficient (Wildman–Crippen LogP) is 3.48. The van der Waals surface area contributed by atoms with Gasteiger partial charge in [0.1, 0.15) is 0 Å². The lowest BCUT2D eigenvalue weighted by Gasteiger charge is -2.29. The number of halogens is 1. The van der Waals surface area contributed by atoms with Crippen LogP contribution in [0.1, 0.15) is 43.9 Å². The van der Waals surface area contributed by atoms with E-state index in [9.17, 15) is 0 Å². The summed E-state index contributed by atoms with van der Waals surface area (Å²) in [5.41, 5.74) is 2.48. The van der Waals surface area contributed by atoms with Gasteiger partial charge in [-0.25, -0.2) is 0 Å². The summed E-state index contributed by atoms with van der Waals surface area (Å²) in [5, 5.41) is 3.69. The average Bonchev–Trinajstić information content (AvgIpc) is 2.30. The molecule has 0 saturated heterocycles. The molecule has 0 aromatic carbocycles. The van der Waals surface area contributed by atoms with Crippen LogP contribution in [0.5, 0.6) is 0 Å². The van der Waals surface area contributed by atoms with Crippen LogP contribution in [0.15, 0.2) is 18.3 Å². The molecular weight excluding hydrogens is 232 g/mol. The van der Waals surface area contributed by atoms with Crippen LogP contribution >= 0.6 is 12.4 Å². The molecule has 17 heavy (non-hydrogen) atoms. The SMILES string of the molecule is Cc1ncccc1CNC1CCCCC1C.Cl. The molecule has 0 spiro atoms. The fourth-order valence-corrected chi connectivity index (χ4v) is 2.56. The van der Waals surface area contributed by atoms with Gasteiger partial charge in [-0.2, -0.15) is 0 Å². The molecule has 1 N–H and O–H groups in total. The van der Waals surface area contributed by atoms with E-state index in [0.29, 0.717) is 6.04 Å². The van der Waals surface area contributed by atoms with E-state index in [1.807, 2.05) is 12.3 Å². The Labute approximate surface area is 111 Å². The van der Waals surface area contributed by atoms with Crippen molar-refractivity contribution in [1.29, 1.82) is 0 Å². The van der Waals surface area contributed by atoms with Gasteiger partial charge in [0.25, 0.3) is 0 Å². The fraction of sp³-hybridized carbons (Fsp3) is 0.643. The van der Waals surface area contributed by atoms with Crippen LogP contribution in [0, 0.1) is 12.8 Å². The molecule has 2 nitrogen and oxygen atoms in total. The van der Waals surface area contributed by atoms with Crippen LogP contribution in [0.3, 0.4) is 0 Å². The van der Waals surface area contributed by atoms with Crippen molar-refractivity contribution in [1.82, 2.24) is 10.3 Å². The maximum Gasteiger partial charge on any atom is 0.0417 e. The highest BCUT2D eigenvalue weighted by molar-refractivity contribution is 5.85. The highest BCUT2D eigenvalue weighted by Crippen LogP contribution is 2.24. The summed E-state index contributed by atoms with van der Waals surface area (Å²) in [6.45, 7) is 5.42. The molecule has 1 heterocycles. The first-order chi connectivity index (χ1) is 7.77. The fourth-order valence-electron chi connectivity index (χ4n) is 2.56. The first kappa shape index (κ1) is 14.5. The molecule has 1 aliphatic rings. The zero-order chi connectivity index (χ0) is 11.4. The Morgan fingerprint density at radius 1 is 1.35 bits per heavy atom. The van der Waals surface area contributed by atoms with Gasteiger partial charge in [-0.05, 0) is 37.3 Å². The Balaban J connectivity index is 0.00000144. The van der Waals surface area contributed by atoms with Gasteiger partial charge in [0, 0.05) is 24.5 Å². The van der Waals surface area contributed by atoms with Crippen molar-refractivity contribution in [2.45, 2.75) is 52.1 Å². The van der Waals surface area contributed by atoms with E-state index in [2.05, 4.69) is 30.2 Å². The number of hydrogen-bond acceptors (Lipinski definition) is 2. The quantitative estimate of drug-likeness (QED) is 0.893. The van der Waals surface area contributed by atoms with Gasteiger partial charge in [-0.1, -0.05) is 25.8 Å². The Bertz CT molecular complexity index is 341. The largest absolute Gasteiger partial charge is 0.310 e. The minimum absolute atomic E-state index is 0. The zero-order valence-electron chi connectivity index (χ0n) is 10.8. The number of hydrogen-bond donors (Lipinski definition) is 1. The molecule has 1 aliphatic carbocycles. The Kier molecular flexibility index (Phi) is 5.93. The molecule has 2 unspecified atom stereocenters. The highest BCUT2D eigenvalue weighted by Gasteiger charge is 2.20. The van der Waals surface area contributed by atoms with Gasteiger partial charge < -0.3 is 5.32 Å². The molecule has 2 rings (SSSR count). The van der Waals surface area contributed by atoms with Gasteiger partial charge in [-0.3, -0.25) is 4.98 Å². The van der Waals surface area contributed by atoms with E-state index >= 15 is 0 Å².